The summed E-state index contributed by atoms with van der Waals surface area (Å²) in [4.78, 5) is 2.39. The predicted molar refractivity (Wildman–Crippen MR) is 255 cm³/mol. The number of nitrogens with zero attached hydrogens (tertiary/aromatic N) is 1. The van der Waals surface area contributed by atoms with E-state index in [-0.39, 0.29) is 5.41 Å². The molecule has 0 amide bonds. The van der Waals surface area contributed by atoms with Crippen LogP contribution >= 0.6 is 11.3 Å². The number of fused-ring (bicyclic) bond motifs is 9. The van der Waals surface area contributed by atoms with Crippen LogP contribution in [0.1, 0.15) is 25.0 Å². The van der Waals surface area contributed by atoms with Gasteiger partial charge < -0.3 is 9.32 Å². The van der Waals surface area contributed by atoms with E-state index in [4.69, 9.17) is 4.42 Å². The molecule has 2 aromatic heterocycles. The topological polar surface area (TPSA) is 16.4 Å². The van der Waals surface area contributed by atoms with Gasteiger partial charge in [-0.15, -0.1) is 11.3 Å². The number of hydrogen-bond acceptors (Lipinski definition) is 3. The highest BCUT2D eigenvalue weighted by Crippen LogP contribution is 2.50. The van der Waals surface area contributed by atoms with E-state index in [1.54, 1.807) is 0 Å². The maximum absolute atomic E-state index is 6.26. The molecule has 9 aromatic carbocycles. The van der Waals surface area contributed by atoms with E-state index < -0.39 is 0 Å². The number of anilines is 3. The molecule has 2 nitrogen and oxygen atoms in total. The van der Waals surface area contributed by atoms with Crippen molar-refractivity contribution in [1.82, 2.24) is 0 Å². The second-order valence-electron chi connectivity index (χ2n) is 16.5. The molecule has 0 saturated heterocycles. The first-order valence-corrected chi connectivity index (χ1v) is 21.5. The van der Waals surface area contributed by atoms with Crippen molar-refractivity contribution in [2.24, 2.45) is 0 Å². The summed E-state index contributed by atoms with van der Waals surface area (Å²) in [5.74, 6) is 0. The zero-order valence-corrected chi connectivity index (χ0v) is 34.1. The second kappa shape index (κ2) is 13.4. The van der Waals surface area contributed by atoms with Crippen LogP contribution in [0.15, 0.2) is 205 Å². The number of furan rings is 1. The van der Waals surface area contributed by atoms with Crippen LogP contribution in [0, 0.1) is 0 Å². The van der Waals surface area contributed by atoms with E-state index in [1.807, 2.05) is 23.5 Å². The third-order valence-corrected chi connectivity index (χ3v) is 13.9. The number of rotatable bonds is 6. The Morgan fingerprint density at radius 1 is 0.400 bits per heavy atom. The monoisotopic (exact) mass is 785 g/mol. The smallest absolute Gasteiger partial charge is 0.136 e. The van der Waals surface area contributed by atoms with Crippen LogP contribution in [0.5, 0.6) is 0 Å². The molecule has 12 rings (SSSR count). The third kappa shape index (κ3) is 5.40. The predicted octanol–water partition coefficient (Wildman–Crippen LogP) is 16.7. The molecule has 0 bridgehead atoms. The lowest BCUT2D eigenvalue weighted by molar-refractivity contribution is 0.660. The van der Waals surface area contributed by atoms with Crippen LogP contribution in [-0.2, 0) is 5.41 Å². The van der Waals surface area contributed by atoms with Crippen molar-refractivity contribution in [2.75, 3.05) is 4.90 Å². The molecule has 0 N–H and O–H groups in total. The maximum atomic E-state index is 6.26. The Balaban J connectivity index is 0.974. The lowest BCUT2D eigenvalue weighted by atomic mass is 9.82. The molecular weight excluding hydrogens is 747 g/mol. The van der Waals surface area contributed by atoms with Crippen molar-refractivity contribution >= 4 is 70.5 Å². The molecule has 0 aliphatic heterocycles. The van der Waals surface area contributed by atoms with Crippen molar-refractivity contribution in [2.45, 2.75) is 19.3 Å². The Hall–Kier alpha value is -7.20. The fourth-order valence-corrected chi connectivity index (χ4v) is 11.0. The molecule has 2 heterocycles. The summed E-state index contributed by atoms with van der Waals surface area (Å²) in [6.45, 7) is 4.68. The Kier molecular flexibility index (Phi) is 7.79. The standard InChI is InChI=1S/C57H39NOS/c1-57(2)50-20-6-3-14-45(50)49-35-39(28-33-51(49)57)38-12-9-13-42(34-38)58(40-29-24-36(25-30-40)43-17-11-22-53-55(43)48-16-4-7-21-52(48)59-53)41-31-26-37(27-32-41)44-18-10-19-47-46-15-5-8-23-54(46)60-56(44)47/h3-35H,1-2H3. The molecule has 1 aliphatic rings. The Morgan fingerprint density at radius 2 is 0.983 bits per heavy atom. The lowest BCUT2D eigenvalue weighted by Crippen LogP contribution is -2.14. The van der Waals surface area contributed by atoms with Crippen molar-refractivity contribution < 1.29 is 4.42 Å². The minimum Gasteiger partial charge on any atom is -0.456 e. The highest BCUT2D eigenvalue weighted by Gasteiger charge is 2.35. The van der Waals surface area contributed by atoms with Gasteiger partial charge in [0.05, 0.1) is 0 Å². The number of thiophene rings is 1. The van der Waals surface area contributed by atoms with E-state index in [2.05, 4.69) is 207 Å². The van der Waals surface area contributed by atoms with Gasteiger partial charge in [0.25, 0.3) is 0 Å². The second-order valence-corrected chi connectivity index (χ2v) is 17.5. The van der Waals surface area contributed by atoms with E-state index in [0.29, 0.717) is 0 Å². The summed E-state index contributed by atoms with van der Waals surface area (Å²) in [6.07, 6.45) is 0. The molecule has 0 atom stereocenters. The lowest BCUT2D eigenvalue weighted by Gasteiger charge is -2.26. The minimum atomic E-state index is -0.0276. The zero-order chi connectivity index (χ0) is 40.0. The number of benzene rings is 9. The molecule has 0 spiro atoms. The summed E-state index contributed by atoms with van der Waals surface area (Å²) in [6, 6.07) is 73.1. The first-order valence-electron chi connectivity index (χ1n) is 20.7. The van der Waals surface area contributed by atoms with Gasteiger partial charge >= 0.3 is 0 Å². The highest BCUT2D eigenvalue weighted by molar-refractivity contribution is 7.26. The normalized spacial score (nSPS) is 13.0. The minimum absolute atomic E-state index is 0.0276. The Morgan fingerprint density at radius 3 is 1.82 bits per heavy atom. The SMILES string of the molecule is CC1(C)c2ccccc2-c2cc(-c3cccc(N(c4ccc(-c5cccc6c5sc5ccccc56)cc4)c4ccc(-c5cccc6oc7ccccc7c56)cc4)c3)ccc21. The summed E-state index contributed by atoms with van der Waals surface area (Å²) in [7, 11) is 0. The van der Waals surface area contributed by atoms with Crippen molar-refractivity contribution in [3.8, 4) is 44.5 Å². The molecule has 3 heteroatoms. The van der Waals surface area contributed by atoms with Crippen LogP contribution in [0.3, 0.4) is 0 Å². The van der Waals surface area contributed by atoms with Crippen LogP contribution in [-0.4, -0.2) is 0 Å². The van der Waals surface area contributed by atoms with Crippen molar-refractivity contribution in [3.63, 3.8) is 0 Å². The van der Waals surface area contributed by atoms with Gasteiger partial charge in [0.1, 0.15) is 11.2 Å². The fraction of sp³-hybridized carbons (Fsp3) is 0.0526. The summed E-state index contributed by atoms with van der Waals surface area (Å²) < 4.78 is 8.91. The molecule has 60 heavy (non-hydrogen) atoms. The zero-order valence-electron chi connectivity index (χ0n) is 33.3. The van der Waals surface area contributed by atoms with Crippen molar-refractivity contribution in [3.05, 3.63) is 211 Å². The Labute approximate surface area is 353 Å². The first-order chi connectivity index (χ1) is 29.5. The average Bonchev–Trinajstić information content (AvgIpc) is 3.95. The maximum Gasteiger partial charge on any atom is 0.136 e. The highest BCUT2D eigenvalue weighted by atomic mass is 32.1. The third-order valence-electron chi connectivity index (χ3n) is 12.7. The largest absolute Gasteiger partial charge is 0.456 e. The molecule has 0 saturated carbocycles. The number of hydrogen-bond donors (Lipinski definition) is 0. The molecule has 11 aromatic rings. The van der Waals surface area contributed by atoms with Gasteiger partial charge in [-0.2, -0.15) is 0 Å². The average molecular weight is 786 g/mol. The first kappa shape index (κ1) is 34.8. The Bertz CT molecular complexity index is 3460. The molecule has 0 unspecified atom stereocenters. The summed E-state index contributed by atoms with van der Waals surface area (Å²) in [5, 5.41) is 4.91. The van der Waals surface area contributed by atoms with Crippen LogP contribution in [0.4, 0.5) is 17.1 Å². The molecule has 0 fully saturated rings. The van der Waals surface area contributed by atoms with E-state index in [0.717, 1.165) is 44.6 Å². The van der Waals surface area contributed by atoms with E-state index >= 15 is 0 Å². The van der Waals surface area contributed by atoms with Gasteiger partial charge in [-0.25, -0.2) is 0 Å². The molecular formula is C57H39NOS. The molecule has 1 aliphatic carbocycles. The summed E-state index contributed by atoms with van der Waals surface area (Å²) in [5.41, 5.74) is 17.7. The fourth-order valence-electron chi connectivity index (χ4n) is 9.74. The van der Waals surface area contributed by atoms with Gasteiger partial charge in [-0.05, 0) is 116 Å². The molecule has 284 valence electrons. The van der Waals surface area contributed by atoms with Gasteiger partial charge in [0.15, 0.2) is 0 Å². The number of para-hydroxylation sites is 1. The van der Waals surface area contributed by atoms with Crippen LogP contribution in [0.2, 0.25) is 0 Å². The quantitative estimate of drug-likeness (QED) is 0.167. The van der Waals surface area contributed by atoms with E-state index in [9.17, 15) is 0 Å². The van der Waals surface area contributed by atoms with Crippen molar-refractivity contribution in [1.29, 1.82) is 0 Å². The van der Waals surface area contributed by atoms with Crippen LogP contribution < -0.4 is 4.90 Å². The van der Waals surface area contributed by atoms with Gasteiger partial charge in [-0.3, -0.25) is 0 Å². The molecule has 0 radical (unpaired) electrons. The summed E-state index contributed by atoms with van der Waals surface area (Å²) >= 11 is 1.88. The van der Waals surface area contributed by atoms with Crippen LogP contribution in [0.25, 0.3) is 86.6 Å². The van der Waals surface area contributed by atoms with Gasteiger partial charge in [0.2, 0.25) is 0 Å². The van der Waals surface area contributed by atoms with Gasteiger partial charge in [0, 0.05) is 53.4 Å². The van der Waals surface area contributed by atoms with Gasteiger partial charge in [-0.1, -0.05) is 153 Å². The van der Waals surface area contributed by atoms with E-state index in [1.165, 1.54) is 70.2 Å².